The molecular formula is C24H30F3N3O2S. The van der Waals surface area contributed by atoms with Gasteiger partial charge in [0.2, 0.25) is 0 Å². The summed E-state index contributed by atoms with van der Waals surface area (Å²) in [7, 11) is -1.28. The molecule has 1 unspecified atom stereocenters. The fourth-order valence-electron chi connectivity index (χ4n) is 5.04. The molecule has 2 fully saturated rings. The standard InChI is InChI=1S/C24H30F3N3O2S/c1-33(31)29-21-13-15-30(23-20(24(25,26)27)8-5-14-28-23)22(21)16-32-19-11-9-18(10-12-19)17-6-3-2-4-7-17/h2-8,14,18-19,21-22,29H,9-13,15-16H2,1H3/t18?,19?,21-,22-,33?/m0/s1. The van der Waals surface area contributed by atoms with Gasteiger partial charge in [0.05, 0.1) is 35.3 Å². The largest absolute Gasteiger partial charge is 0.419 e. The molecule has 1 saturated carbocycles. The van der Waals surface area contributed by atoms with Crippen molar-refractivity contribution in [1.82, 2.24) is 9.71 Å². The second-order valence-corrected chi connectivity index (χ2v) is 9.96. The Hall–Kier alpha value is -1.97. The third kappa shape index (κ3) is 5.94. The van der Waals surface area contributed by atoms with Gasteiger partial charge in [-0.15, -0.1) is 0 Å². The number of aromatic nitrogens is 1. The number of pyridine rings is 1. The van der Waals surface area contributed by atoms with Crippen LogP contribution in [0.2, 0.25) is 0 Å². The van der Waals surface area contributed by atoms with Gasteiger partial charge in [-0.2, -0.15) is 13.2 Å². The lowest BCUT2D eigenvalue weighted by molar-refractivity contribution is -0.137. The first kappa shape index (κ1) is 24.2. The summed E-state index contributed by atoms with van der Waals surface area (Å²) in [6.07, 6.45) is 2.96. The SMILES string of the molecule is CS(=O)N[C@H]1CCN(c2ncccc2C(F)(F)F)[C@H]1COC1CCC(c2ccccc2)CC1. The van der Waals surface area contributed by atoms with Gasteiger partial charge >= 0.3 is 6.18 Å². The predicted molar refractivity (Wildman–Crippen MR) is 123 cm³/mol. The van der Waals surface area contributed by atoms with E-state index < -0.39 is 22.7 Å². The average molecular weight is 482 g/mol. The third-order valence-electron chi connectivity index (χ3n) is 6.68. The first-order valence-electron chi connectivity index (χ1n) is 11.4. The van der Waals surface area contributed by atoms with Crippen molar-refractivity contribution in [2.75, 3.05) is 24.3 Å². The zero-order valence-electron chi connectivity index (χ0n) is 18.6. The molecule has 1 saturated heterocycles. The van der Waals surface area contributed by atoms with E-state index in [1.165, 1.54) is 24.1 Å². The quantitative estimate of drug-likeness (QED) is 0.624. The molecule has 0 bridgehead atoms. The minimum atomic E-state index is -4.50. The summed E-state index contributed by atoms with van der Waals surface area (Å²) < 4.78 is 62.0. The molecule has 0 amide bonds. The molecule has 1 N–H and O–H groups in total. The maximum atomic E-state index is 13.6. The summed E-state index contributed by atoms with van der Waals surface area (Å²) >= 11 is 0. The zero-order chi connectivity index (χ0) is 23.4. The van der Waals surface area contributed by atoms with E-state index in [4.69, 9.17) is 4.74 Å². The van der Waals surface area contributed by atoms with Crippen LogP contribution in [0.1, 0.15) is 49.1 Å². The summed E-state index contributed by atoms with van der Waals surface area (Å²) in [5, 5.41) is 0. The molecule has 4 rings (SSSR count). The highest BCUT2D eigenvalue weighted by atomic mass is 32.2. The molecule has 180 valence electrons. The van der Waals surface area contributed by atoms with E-state index in [0.717, 1.165) is 31.7 Å². The van der Waals surface area contributed by atoms with Crippen molar-refractivity contribution < 1.29 is 22.1 Å². The van der Waals surface area contributed by atoms with E-state index in [2.05, 4.69) is 34.0 Å². The van der Waals surface area contributed by atoms with Crippen molar-refractivity contribution in [2.24, 2.45) is 0 Å². The van der Waals surface area contributed by atoms with Crippen LogP contribution in [0.4, 0.5) is 19.0 Å². The molecule has 2 heterocycles. The number of halogens is 3. The second-order valence-electron chi connectivity index (χ2n) is 8.82. The number of nitrogens with zero attached hydrogens (tertiary/aromatic N) is 2. The normalized spacial score (nSPS) is 27.0. The molecule has 2 aliphatic rings. The van der Waals surface area contributed by atoms with Gasteiger partial charge in [-0.05, 0) is 55.7 Å². The van der Waals surface area contributed by atoms with Crippen LogP contribution < -0.4 is 9.62 Å². The van der Waals surface area contributed by atoms with Crippen molar-refractivity contribution >= 4 is 16.8 Å². The maximum absolute atomic E-state index is 13.6. The Bertz CT molecular complexity index is 936. The lowest BCUT2D eigenvalue weighted by atomic mass is 9.83. The van der Waals surface area contributed by atoms with E-state index in [1.54, 1.807) is 4.90 Å². The number of anilines is 1. The van der Waals surface area contributed by atoms with Crippen LogP contribution in [0.5, 0.6) is 0 Å². The molecule has 9 heteroatoms. The molecule has 2 aromatic rings. The summed E-state index contributed by atoms with van der Waals surface area (Å²) in [4.78, 5) is 5.75. The first-order chi connectivity index (χ1) is 15.8. The van der Waals surface area contributed by atoms with E-state index in [1.807, 2.05) is 6.07 Å². The number of ether oxygens (including phenoxy) is 1. The van der Waals surface area contributed by atoms with Gasteiger partial charge < -0.3 is 9.64 Å². The number of rotatable bonds is 7. The Labute approximate surface area is 195 Å². The predicted octanol–water partition coefficient (Wildman–Crippen LogP) is 4.67. The van der Waals surface area contributed by atoms with E-state index >= 15 is 0 Å². The molecule has 1 aliphatic carbocycles. The second kappa shape index (κ2) is 10.5. The van der Waals surface area contributed by atoms with Crippen LogP contribution >= 0.6 is 0 Å². The molecule has 33 heavy (non-hydrogen) atoms. The highest BCUT2D eigenvalue weighted by Crippen LogP contribution is 2.38. The zero-order valence-corrected chi connectivity index (χ0v) is 19.4. The van der Waals surface area contributed by atoms with Crippen LogP contribution in [-0.2, 0) is 21.9 Å². The Morgan fingerprint density at radius 1 is 1.09 bits per heavy atom. The summed E-state index contributed by atoms with van der Waals surface area (Å²) in [5.74, 6) is 0.436. The Morgan fingerprint density at radius 2 is 1.82 bits per heavy atom. The highest BCUT2D eigenvalue weighted by Gasteiger charge is 2.42. The number of alkyl halides is 3. The number of benzene rings is 1. The van der Waals surface area contributed by atoms with Gasteiger partial charge in [0, 0.05) is 25.0 Å². The van der Waals surface area contributed by atoms with Gasteiger partial charge in [0.25, 0.3) is 0 Å². The van der Waals surface area contributed by atoms with E-state index in [9.17, 15) is 17.4 Å². The molecule has 1 aromatic carbocycles. The van der Waals surface area contributed by atoms with Crippen molar-refractivity contribution in [3.05, 3.63) is 59.8 Å². The molecule has 5 nitrogen and oxygen atoms in total. The van der Waals surface area contributed by atoms with Crippen LogP contribution in [0.15, 0.2) is 48.7 Å². The van der Waals surface area contributed by atoms with Crippen LogP contribution in [-0.4, -0.2) is 46.8 Å². The molecule has 3 atom stereocenters. The molecule has 0 spiro atoms. The highest BCUT2D eigenvalue weighted by molar-refractivity contribution is 7.82. The molecule has 0 radical (unpaired) electrons. The Balaban J connectivity index is 1.44. The first-order valence-corrected chi connectivity index (χ1v) is 12.9. The van der Waals surface area contributed by atoms with E-state index in [-0.39, 0.29) is 30.6 Å². The third-order valence-corrected chi connectivity index (χ3v) is 7.31. The van der Waals surface area contributed by atoms with Crippen LogP contribution in [0.3, 0.4) is 0 Å². The van der Waals surface area contributed by atoms with Gasteiger partial charge in [-0.1, -0.05) is 30.3 Å². The fraction of sp³-hybridized carbons (Fsp3) is 0.542. The number of hydrogen-bond donors (Lipinski definition) is 1. The fourth-order valence-corrected chi connectivity index (χ4v) is 5.74. The summed E-state index contributed by atoms with van der Waals surface area (Å²) in [6, 6.07) is 12.2. The monoisotopic (exact) mass is 481 g/mol. The smallest absolute Gasteiger partial charge is 0.376 e. The maximum Gasteiger partial charge on any atom is 0.419 e. The molecular weight excluding hydrogens is 451 g/mol. The Kier molecular flexibility index (Phi) is 7.71. The van der Waals surface area contributed by atoms with Gasteiger partial charge in [-0.3, -0.25) is 0 Å². The average Bonchev–Trinajstić information content (AvgIpc) is 3.19. The minimum absolute atomic E-state index is 0.0750. The van der Waals surface area contributed by atoms with Crippen molar-refractivity contribution in [2.45, 2.75) is 62.4 Å². The van der Waals surface area contributed by atoms with Crippen molar-refractivity contribution in [3.8, 4) is 0 Å². The molecule has 1 aliphatic heterocycles. The topological polar surface area (TPSA) is 54.5 Å². The number of hydrogen-bond acceptors (Lipinski definition) is 4. The lowest BCUT2D eigenvalue weighted by Gasteiger charge is -2.34. The van der Waals surface area contributed by atoms with Crippen LogP contribution in [0.25, 0.3) is 0 Å². The van der Waals surface area contributed by atoms with E-state index in [0.29, 0.717) is 18.9 Å². The van der Waals surface area contributed by atoms with Gasteiger partial charge in [-0.25, -0.2) is 13.9 Å². The van der Waals surface area contributed by atoms with Gasteiger partial charge in [0.15, 0.2) is 0 Å². The Morgan fingerprint density at radius 3 is 2.48 bits per heavy atom. The summed E-state index contributed by atoms with van der Waals surface area (Å²) in [6.45, 7) is 0.660. The lowest BCUT2D eigenvalue weighted by Crippen LogP contribution is -2.47. The van der Waals surface area contributed by atoms with Crippen molar-refractivity contribution in [3.63, 3.8) is 0 Å². The number of nitrogens with one attached hydrogen (secondary N) is 1. The summed E-state index contributed by atoms with van der Waals surface area (Å²) in [5.41, 5.74) is 0.596. The van der Waals surface area contributed by atoms with Gasteiger partial charge in [0.1, 0.15) is 5.82 Å². The molecule has 1 aromatic heterocycles. The van der Waals surface area contributed by atoms with Crippen LogP contribution in [0, 0.1) is 0 Å². The van der Waals surface area contributed by atoms with Crippen molar-refractivity contribution in [1.29, 1.82) is 0 Å². The minimum Gasteiger partial charge on any atom is -0.376 e.